The van der Waals surface area contributed by atoms with Crippen LogP contribution in [0.1, 0.15) is 24.3 Å². The molecule has 0 spiro atoms. The van der Waals surface area contributed by atoms with Crippen LogP contribution in [0.25, 0.3) is 0 Å². The SMILES string of the molecule is CC(Oc1cccc(C(F)(F)F)c1Cl)c1ccnc(N)n1. The van der Waals surface area contributed by atoms with Gasteiger partial charge in [0.1, 0.15) is 11.9 Å². The highest BCUT2D eigenvalue weighted by atomic mass is 35.5. The minimum Gasteiger partial charge on any atom is -0.483 e. The van der Waals surface area contributed by atoms with Crippen LogP contribution in [-0.2, 0) is 6.18 Å². The number of alkyl halides is 3. The fourth-order valence-electron chi connectivity index (χ4n) is 1.69. The van der Waals surface area contributed by atoms with Gasteiger partial charge in [-0.3, -0.25) is 0 Å². The first-order valence-corrected chi connectivity index (χ1v) is 6.27. The molecule has 112 valence electrons. The van der Waals surface area contributed by atoms with Gasteiger partial charge in [0.15, 0.2) is 0 Å². The van der Waals surface area contributed by atoms with Crippen molar-refractivity contribution in [1.29, 1.82) is 0 Å². The lowest BCUT2D eigenvalue weighted by Crippen LogP contribution is -2.10. The van der Waals surface area contributed by atoms with Crippen LogP contribution in [0.15, 0.2) is 30.5 Å². The Morgan fingerprint density at radius 2 is 2.00 bits per heavy atom. The molecule has 0 amide bonds. The standard InChI is InChI=1S/C13H11ClF3N3O/c1-7(9-5-6-19-12(18)20-9)21-10-4-2-3-8(11(10)14)13(15,16)17/h2-7H,1H3,(H2,18,19,20). The van der Waals surface area contributed by atoms with Gasteiger partial charge < -0.3 is 10.5 Å². The van der Waals surface area contributed by atoms with Crippen molar-refractivity contribution in [2.75, 3.05) is 5.73 Å². The van der Waals surface area contributed by atoms with Crippen LogP contribution in [0, 0.1) is 0 Å². The molecule has 1 aromatic heterocycles. The van der Waals surface area contributed by atoms with E-state index in [-0.39, 0.29) is 11.7 Å². The fraction of sp³-hybridized carbons (Fsp3) is 0.231. The maximum atomic E-state index is 12.8. The number of nitrogens with zero attached hydrogens (tertiary/aromatic N) is 2. The highest BCUT2D eigenvalue weighted by Crippen LogP contribution is 2.40. The Kier molecular flexibility index (Phi) is 4.22. The highest BCUT2D eigenvalue weighted by Gasteiger charge is 2.34. The predicted octanol–water partition coefficient (Wildman–Crippen LogP) is 3.87. The van der Waals surface area contributed by atoms with Gasteiger partial charge in [-0.2, -0.15) is 13.2 Å². The van der Waals surface area contributed by atoms with Gasteiger partial charge in [0.05, 0.1) is 16.3 Å². The predicted molar refractivity (Wildman–Crippen MR) is 71.9 cm³/mol. The number of hydrogen-bond donors (Lipinski definition) is 1. The number of hydrogen-bond acceptors (Lipinski definition) is 4. The van der Waals surface area contributed by atoms with E-state index >= 15 is 0 Å². The minimum absolute atomic E-state index is 0.0538. The monoisotopic (exact) mass is 317 g/mol. The van der Waals surface area contributed by atoms with Crippen molar-refractivity contribution in [3.8, 4) is 5.75 Å². The van der Waals surface area contributed by atoms with Crippen molar-refractivity contribution in [2.24, 2.45) is 0 Å². The van der Waals surface area contributed by atoms with E-state index in [2.05, 4.69) is 9.97 Å². The third kappa shape index (κ3) is 3.55. The quantitative estimate of drug-likeness (QED) is 0.933. The van der Waals surface area contributed by atoms with E-state index in [4.69, 9.17) is 22.1 Å². The van der Waals surface area contributed by atoms with Crippen molar-refractivity contribution in [3.05, 3.63) is 46.7 Å². The first-order chi connectivity index (χ1) is 9.79. The van der Waals surface area contributed by atoms with Crippen molar-refractivity contribution < 1.29 is 17.9 Å². The molecule has 2 rings (SSSR count). The van der Waals surface area contributed by atoms with Crippen LogP contribution in [0.3, 0.4) is 0 Å². The molecule has 0 radical (unpaired) electrons. The van der Waals surface area contributed by atoms with Gasteiger partial charge >= 0.3 is 6.18 Å². The van der Waals surface area contributed by atoms with E-state index in [9.17, 15) is 13.2 Å². The summed E-state index contributed by atoms with van der Waals surface area (Å²) >= 11 is 5.75. The van der Waals surface area contributed by atoms with Gasteiger partial charge in [-0.15, -0.1) is 0 Å². The summed E-state index contributed by atoms with van der Waals surface area (Å²) in [7, 11) is 0. The third-order valence-electron chi connectivity index (χ3n) is 2.68. The summed E-state index contributed by atoms with van der Waals surface area (Å²) in [5.74, 6) is -0.0192. The van der Waals surface area contributed by atoms with Gasteiger partial charge in [0.2, 0.25) is 5.95 Å². The second-order valence-electron chi connectivity index (χ2n) is 4.22. The molecule has 21 heavy (non-hydrogen) atoms. The lowest BCUT2D eigenvalue weighted by atomic mass is 10.2. The normalized spacial score (nSPS) is 13.0. The Morgan fingerprint density at radius 3 is 2.62 bits per heavy atom. The zero-order valence-corrected chi connectivity index (χ0v) is 11.6. The molecule has 0 aliphatic rings. The number of nitrogen functional groups attached to an aromatic ring is 1. The molecular formula is C13H11ClF3N3O. The van der Waals surface area contributed by atoms with E-state index in [0.717, 1.165) is 6.07 Å². The van der Waals surface area contributed by atoms with Crippen LogP contribution in [0.5, 0.6) is 5.75 Å². The number of anilines is 1. The number of nitrogens with two attached hydrogens (primary N) is 1. The Hall–Kier alpha value is -2.02. The molecule has 1 atom stereocenters. The molecular weight excluding hydrogens is 307 g/mol. The summed E-state index contributed by atoms with van der Waals surface area (Å²) in [5, 5.41) is -0.487. The van der Waals surface area contributed by atoms with Gasteiger partial charge in [-0.25, -0.2) is 9.97 Å². The summed E-state index contributed by atoms with van der Waals surface area (Å²) in [5.41, 5.74) is 4.94. The van der Waals surface area contributed by atoms with Crippen LogP contribution >= 0.6 is 11.6 Å². The van der Waals surface area contributed by atoms with Crippen molar-refractivity contribution >= 4 is 17.5 Å². The van der Waals surface area contributed by atoms with E-state index in [1.807, 2.05) is 0 Å². The van der Waals surface area contributed by atoms with E-state index in [1.54, 1.807) is 13.0 Å². The highest BCUT2D eigenvalue weighted by molar-refractivity contribution is 6.32. The third-order valence-corrected chi connectivity index (χ3v) is 3.07. The number of ether oxygens (including phenoxy) is 1. The minimum atomic E-state index is -4.54. The lowest BCUT2D eigenvalue weighted by molar-refractivity contribution is -0.137. The largest absolute Gasteiger partial charge is 0.483 e. The van der Waals surface area contributed by atoms with Crippen LogP contribution < -0.4 is 10.5 Å². The molecule has 0 bridgehead atoms. The first-order valence-electron chi connectivity index (χ1n) is 5.90. The van der Waals surface area contributed by atoms with Crippen molar-refractivity contribution in [1.82, 2.24) is 9.97 Å². The zero-order valence-electron chi connectivity index (χ0n) is 10.9. The Labute approximate surface area is 123 Å². The number of aromatic nitrogens is 2. The maximum Gasteiger partial charge on any atom is 0.417 e. The molecule has 0 saturated heterocycles. The topological polar surface area (TPSA) is 61.0 Å². The molecule has 4 nitrogen and oxygen atoms in total. The molecule has 0 aliphatic carbocycles. The van der Waals surface area contributed by atoms with Gasteiger partial charge in [0, 0.05) is 6.20 Å². The molecule has 2 N–H and O–H groups in total. The van der Waals surface area contributed by atoms with Gasteiger partial charge in [0.25, 0.3) is 0 Å². The van der Waals surface area contributed by atoms with Crippen molar-refractivity contribution in [2.45, 2.75) is 19.2 Å². The van der Waals surface area contributed by atoms with Crippen LogP contribution in [-0.4, -0.2) is 9.97 Å². The Bertz CT molecular complexity index is 649. The maximum absolute atomic E-state index is 12.8. The molecule has 2 aromatic rings. The average Bonchev–Trinajstić information content (AvgIpc) is 2.39. The van der Waals surface area contributed by atoms with E-state index in [1.165, 1.54) is 18.3 Å². The van der Waals surface area contributed by atoms with E-state index < -0.39 is 22.9 Å². The lowest BCUT2D eigenvalue weighted by Gasteiger charge is -2.17. The number of halogens is 4. The molecule has 1 heterocycles. The fourth-order valence-corrected chi connectivity index (χ4v) is 1.96. The van der Waals surface area contributed by atoms with E-state index in [0.29, 0.717) is 5.69 Å². The van der Waals surface area contributed by atoms with Crippen LogP contribution in [0.2, 0.25) is 5.02 Å². The van der Waals surface area contributed by atoms with Crippen molar-refractivity contribution in [3.63, 3.8) is 0 Å². The summed E-state index contributed by atoms with van der Waals surface area (Å²) in [6.45, 7) is 1.62. The second kappa shape index (κ2) is 5.77. The number of rotatable bonds is 3. The van der Waals surface area contributed by atoms with Gasteiger partial charge in [-0.1, -0.05) is 17.7 Å². The first kappa shape index (κ1) is 15.4. The van der Waals surface area contributed by atoms with Crippen LogP contribution in [0.4, 0.5) is 19.1 Å². The Morgan fingerprint density at radius 1 is 1.29 bits per heavy atom. The molecule has 8 heteroatoms. The molecule has 1 aromatic carbocycles. The van der Waals surface area contributed by atoms with Gasteiger partial charge in [-0.05, 0) is 25.1 Å². The smallest absolute Gasteiger partial charge is 0.417 e. The summed E-state index contributed by atoms with van der Waals surface area (Å²) in [6, 6.07) is 5.04. The molecule has 0 fully saturated rings. The Balaban J connectivity index is 2.28. The second-order valence-corrected chi connectivity index (χ2v) is 4.59. The average molecular weight is 318 g/mol. The summed E-state index contributed by atoms with van der Waals surface area (Å²) < 4.78 is 43.7. The molecule has 1 unspecified atom stereocenters. The molecule has 0 aliphatic heterocycles. The zero-order chi connectivity index (χ0) is 15.6. The summed E-state index contributed by atoms with van der Waals surface area (Å²) in [6.07, 6.45) is -3.74. The molecule has 0 saturated carbocycles. The summed E-state index contributed by atoms with van der Waals surface area (Å²) in [4.78, 5) is 7.68. The number of benzene rings is 1.